The van der Waals surface area contributed by atoms with E-state index in [0.29, 0.717) is 54.7 Å². The van der Waals surface area contributed by atoms with E-state index >= 15 is 0 Å². The maximum Gasteiger partial charge on any atom is 0.261 e. The summed E-state index contributed by atoms with van der Waals surface area (Å²) in [7, 11) is 0. The molecule has 7 heteroatoms. The zero-order valence-corrected chi connectivity index (χ0v) is 23.2. The van der Waals surface area contributed by atoms with Gasteiger partial charge in [-0.15, -0.1) is 0 Å². The Morgan fingerprint density at radius 2 is 1.52 bits per heavy atom. The number of carbonyl (C=O) groups excluding carboxylic acids is 1. The zero-order valence-electron chi connectivity index (χ0n) is 22.4. The molecule has 4 aromatic carbocycles. The molecule has 2 aliphatic rings. The number of anilines is 1. The molecule has 2 heterocycles. The van der Waals surface area contributed by atoms with Gasteiger partial charge in [-0.3, -0.25) is 9.69 Å². The summed E-state index contributed by atoms with van der Waals surface area (Å²) in [6.07, 6.45) is -1.34. The Labute approximate surface area is 236 Å². The van der Waals surface area contributed by atoms with Crippen LogP contribution in [0.3, 0.4) is 0 Å². The third-order valence-corrected chi connectivity index (χ3v) is 8.98. The molecule has 0 fully saturated rings. The lowest BCUT2D eigenvalue weighted by Gasteiger charge is -2.38. The fourth-order valence-electron chi connectivity index (χ4n) is 5.95. The highest BCUT2D eigenvalue weighted by molar-refractivity contribution is 7.99. The van der Waals surface area contributed by atoms with Crippen LogP contribution < -0.4 is 4.90 Å². The van der Waals surface area contributed by atoms with Crippen molar-refractivity contribution < 1.29 is 9.90 Å². The summed E-state index contributed by atoms with van der Waals surface area (Å²) in [6, 6.07) is 21.2. The number of aliphatic hydroxyl groups is 1. The van der Waals surface area contributed by atoms with Crippen molar-refractivity contribution in [2.75, 3.05) is 4.90 Å². The molecule has 4 aromatic rings. The van der Waals surface area contributed by atoms with Crippen LogP contribution in [0, 0.1) is 34.0 Å². The minimum Gasteiger partial charge on any atom is -0.369 e. The second-order valence-corrected chi connectivity index (χ2v) is 11.8. The molecular formula is C33H24N4O2S. The Kier molecular flexibility index (Phi) is 5.93. The number of amides is 1. The van der Waals surface area contributed by atoms with Crippen LogP contribution in [0.15, 0.2) is 58.3 Å². The van der Waals surface area contributed by atoms with Gasteiger partial charge in [0.25, 0.3) is 5.91 Å². The summed E-state index contributed by atoms with van der Waals surface area (Å²) in [5.41, 5.74) is 5.67. The first-order chi connectivity index (χ1) is 19.2. The quantitative estimate of drug-likeness (QED) is 0.254. The number of hydrogen-bond donors (Lipinski definition) is 1. The molecule has 0 saturated carbocycles. The molecule has 6 nitrogen and oxygen atoms in total. The van der Waals surface area contributed by atoms with Crippen LogP contribution in [0.5, 0.6) is 0 Å². The van der Waals surface area contributed by atoms with E-state index in [-0.39, 0.29) is 17.4 Å². The number of para-hydroxylation sites is 1. The topological polar surface area (TPSA) is 112 Å². The minimum absolute atomic E-state index is 0.0806. The van der Waals surface area contributed by atoms with E-state index in [0.717, 1.165) is 16.0 Å². The molecule has 2 aliphatic heterocycles. The first-order valence-corrected chi connectivity index (χ1v) is 13.9. The number of fused-ring (bicyclic) bond motifs is 2. The molecule has 0 radical (unpaired) electrons. The monoisotopic (exact) mass is 540 g/mol. The van der Waals surface area contributed by atoms with Crippen molar-refractivity contribution in [3.63, 3.8) is 0 Å². The highest BCUT2D eigenvalue weighted by Crippen LogP contribution is 2.55. The Morgan fingerprint density at radius 3 is 2.12 bits per heavy atom. The highest BCUT2D eigenvalue weighted by Gasteiger charge is 2.40. The van der Waals surface area contributed by atoms with Crippen molar-refractivity contribution in [3.8, 4) is 29.3 Å². The number of hydrogen-bond acceptors (Lipinski definition) is 6. The lowest BCUT2D eigenvalue weighted by Crippen LogP contribution is -2.40. The molecular weight excluding hydrogens is 516 g/mol. The molecule has 0 aromatic heterocycles. The summed E-state index contributed by atoms with van der Waals surface area (Å²) < 4.78 is 0. The van der Waals surface area contributed by atoms with Gasteiger partial charge in [-0.25, -0.2) is 0 Å². The van der Waals surface area contributed by atoms with E-state index in [1.807, 2.05) is 24.3 Å². The van der Waals surface area contributed by atoms with E-state index in [9.17, 15) is 25.7 Å². The number of carbonyl (C=O) groups is 1. The molecule has 6 rings (SSSR count). The smallest absolute Gasteiger partial charge is 0.261 e. The Morgan fingerprint density at radius 1 is 0.850 bits per heavy atom. The second-order valence-electron chi connectivity index (χ2n) is 10.7. The van der Waals surface area contributed by atoms with Gasteiger partial charge in [0, 0.05) is 37.3 Å². The molecule has 0 bridgehead atoms. The van der Waals surface area contributed by atoms with Gasteiger partial charge in [-0.05, 0) is 58.9 Å². The Hall–Kier alpha value is -4.61. The van der Waals surface area contributed by atoms with Crippen LogP contribution in [0.25, 0.3) is 21.9 Å². The average Bonchev–Trinajstić information content (AvgIpc) is 2.96. The van der Waals surface area contributed by atoms with E-state index in [1.54, 1.807) is 24.3 Å². The number of benzene rings is 4. The van der Waals surface area contributed by atoms with Gasteiger partial charge >= 0.3 is 0 Å². The van der Waals surface area contributed by atoms with E-state index in [1.165, 1.54) is 16.7 Å². The maximum absolute atomic E-state index is 14.4. The van der Waals surface area contributed by atoms with E-state index < -0.39 is 12.1 Å². The molecule has 0 saturated heterocycles. The van der Waals surface area contributed by atoms with Gasteiger partial charge in [0.05, 0.1) is 34.5 Å². The average molecular weight is 541 g/mol. The molecule has 40 heavy (non-hydrogen) atoms. The highest BCUT2D eigenvalue weighted by atomic mass is 32.2. The van der Waals surface area contributed by atoms with Gasteiger partial charge in [0.2, 0.25) is 0 Å². The lowest BCUT2D eigenvalue weighted by atomic mass is 9.83. The van der Waals surface area contributed by atoms with Crippen LogP contribution in [0.2, 0.25) is 0 Å². The Bertz CT molecular complexity index is 1890. The number of rotatable bonds is 3. The molecule has 1 amide bonds. The van der Waals surface area contributed by atoms with Crippen LogP contribution in [0.1, 0.15) is 89.5 Å². The number of nitriles is 3. The maximum atomic E-state index is 14.4. The predicted molar refractivity (Wildman–Crippen MR) is 154 cm³/mol. The van der Waals surface area contributed by atoms with Crippen molar-refractivity contribution in [1.29, 1.82) is 15.8 Å². The van der Waals surface area contributed by atoms with Crippen molar-refractivity contribution in [2.45, 2.75) is 55.5 Å². The fourth-order valence-corrected chi connectivity index (χ4v) is 7.10. The van der Waals surface area contributed by atoms with Crippen molar-refractivity contribution in [2.24, 2.45) is 0 Å². The number of aliphatic hydroxyl groups excluding tert-OH is 1. The molecule has 0 aliphatic carbocycles. The molecule has 0 spiro atoms. The third kappa shape index (κ3) is 3.48. The van der Waals surface area contributed by atoms with Crippen LogP contribution in [-0.4, -0.2) is 11.0 Å². The zero-order chi connectivity index (χ0) is 28.5. The summed E-state index contributed by atoms with van der Waals surface area (Å²) in [6.45, 7) is 8.20. The van der Waals surface area contributed by atoms with Crippen LogP contribution in [-0.2, 0) is 0 Å². The van der Waals surface area contributed by atoms with Crippen LogP contribution >= 0.6 is 11.8 Å². The van der Waals surface area contributed by atoms with Gasteiger partial charge in [-0.2, -0.15) is 15.8 Å². The third-order valence-electron chi connectivity index (χ3n) is 7.77. The van der Waals surface area contributed by atoms with Crippen molar-refractivity contribution in [3.05, 3.63) is 87.5 Å². The summed E-state index contributed by atoms with van der Waals surface area (Å²) in [5, 5.41) is 43.2. The Balaban J connectivity index is 1.73. The van der Waals surface area contributed by atoms with E-state index in [2.05, 4.69) is 45.9 Å². The normalized spacial score (nSPS) is 15.2. The van der Waals surface area contributed by atoms with Crippen molar-refractivity contribution in [1.82, 2.24) is 0 Å². The summed E-state index contributed by atoms with van der Waals surface area (Å²) in [5.74, 6) is -0.232. The number of nitrogens with zero attached hydrogens (tertiary/aromatic N) is 4. The minimum atomic E-state index is -1.34. The SMILES string of the molecule is CC(C)c1cccc(C(C)C)c1N1C(=O)c2cc(C#N)c3c4c(c(C#N)cc(c24)C1O)Sc1ccc(C#N)cc1-3. The van der Waals surface area contributed by atoms with Gasteiger partial charge in [-0.1, -0.05) is 57.7 Å². The second kappa shape index (κ2) is 9.25. The van der Waals surface area contributed by atoms with Crippen molar-refractivity contribution >= 4 is 34.1 Å². The van der Waals surface area contributed by atoms with Gasteiger partial charge in [0.1, 0.15) is 6.07 Å². The standard InChI is InChI=1S/C33H24N4O2S/c1-16(2)21-6-5-7-22(17(3)4)30(21)37-32(38)24-11-19(14-35)27-23-10-18(13-34)8-9-26(23)40-31-20(15-36)12-25(33(37)39)28(24)29(27)31/h5-12,16-17,33,39H,1-4H3. The summed E-state index contributed by atoms with van der Waals surface area (Å²) >= 11 is 1.38. The summed E-state index contributed by atoms with van der Waals surface area (Å²) in [4.78, 5) is 17.3. The van der Waals surface area contributed by atoms with Gasteiger partial charge < -0.3 is 5.11 Å². The molecule has 1 atom stereocenters. The lowest BCUT2D eigenvalue weighted by molar-refractivity contribution is 0.0877. The fraction of sp³-hybridized carbons (Fsp3) is 0.212. The molecule has 194 valence electrons. The first-order valence-electron chi connectivity index (χ1n) is 13.1. The molecule has 1 unspecified atom stereocenters. The van der Waals surface area contributed by atoms with Gasteiger partial charge in [0.15, 0.2) is 6.23 Å². The predicted octanol–water partition coefficient (Wildman–Crippen LogP) is 7.48. The largest absolute Gasteiger partial charge is 0.369 e. The van der Waals surface area contributed by atoms with Crippen LogP contribution in [0.4, 0.5) is 5.69 Å². The van der Waals surface area contributed by atoms with E-state index in [4.69, 9.17) is 0 Å². The first kappa shape index (κ1) is 25.7. The molecule has 1 N–H and O–H groups in total.